The van der Waals surface area contributed by atoms with Crippen LogP contribution < -0.4 is 4.74 Å². The maximum atomic E-state index is 6.04. The molecular weight excluding hydrogens is 342 g/mol. The van der Waals surface area contributed by atoms with Gasteiger partial charge in [-0.25, -0.2) is 9.98 Å². The molecule has 0 radical (unpaired) electrons. The van der Waals surface area contributed by atoms with Crippen molar-refractivity contribution in [3.8, 4) is 5.88 Å². The van der Waals surface area contributed by atoms with E-state index in [2.05, 4.69) is 45.8 Å². The van der Waals surface area contributed by atoms with E-state index in [1.54, 1.807) is 0 Å². The van der Waals surface area contributed by atoms with Crippen molar-refractivity contribution in [2.45, 2.75) is 46.1 Å². The Bertz CT molecular complexity index is 584. The zero-order chi connectivity index (χ0) is 16.1. The van der Waals surface area contributed by atoms with Crippen LogP contribution in [0.2, 0.25) is 0 Å². The quantitative estimate of drug-likeness (QED) is 0.433. The van der Waals surface area contributed by atoms with Crippen molar-refractivity contribution in [2.75, 3.05) is 13.6 Å². The summed E-state index contributed by atoms with van der Waals surface area (Å²) in [7, 11) is 2.00. The molecule has 0 fully saturated rings. The van der Waals surface area contributed by atoms with Crippen molar-refractivity contribution in [1.82, 2.24) is 9.88 Å². The molecule has 120 valence electrons. The highest BCUT2D eigenvalue weighted by Gasteiger charge is 2.16. The summed E-state index contributed by atoms with van der Waals surface area (Å²) in [5.41, 5.74) is 3.12. The SMILES string of the molecule is CCN(C)/C=N/c1cc(Br)c(OC2C=C(C)CCC2)nc1C. The fraction of sp³-hybridized carbons (Fsp3) is 0.529. The van der Waals surface area contributed by atoms with E-state index in [0.717, 1.165) is 28.8 Å². The van der Waals surface area contributed by atoms with E-state index in [1.807, 2.05) is 31.3 Å². The second kappa shape index (κ2) is 7.77. The van der Waals surface area contributed by atoms with E-state index >= 15 is 0 Å². The molecule has 2 rings (SSSR count). The van der Waals surface area contributed by atoms with Crippen molar-refractivity contribution in [3.05, 3.63) is 27.9 Å². The van der Waals surface area contributed by atoms with Crippen molar-refractivity contribution >= 4 is 28.0 Å². The fourth-order valence-corrected chi connectivity index (χ4v) is 2.71. The van der Waals surface area contributed by atoms with Gasteiger partial charge in [0, 0.05) is 13.6 Å². The van der Waals surface area contributed by atoms with Crippen LogP contribution in [0, 0.1) is 6.92 Å². The number of rotatable bonds is 5. The van der Waals surface area contributed by atoms with Crippen LogP contribution in [0.3, 0.4) is 0 Å². The van der Waals surface area contributed by atoms with Gasteiger partial charge in [-0.05, 0) is 68.1 Å². The van der Waals surface area contributed by atoms with Gasteiger partial charge in [-0.3, -0.25) is 0 Å². The highest BCUT2D eigenvalue weighted by Crippen LogP contribution is 2.31. The standard InChI is InChI=1S/C17H24BrN3O/c1-5-21(4)11-19-16-10-15(18)17(20-13(16)3)22-14-8-6-7-12(2)9-14/h9-11,14H,5-8H2,1-4H3/b19-11+. The predicted molar refractivity (Wildman–Crippen MR) is 95.2 cm³/mol. The first-order chi connectivity index (χ1) is 10.5. The lowest BCUT2D eigenvalue weighted by Crippen LogP contribution is -2.18. The number of aromatic nitrogens is 1. The van der Waals surface area contributed by atoms with Gasteiger partial charge in [0.25, 0.3) is 0 Å². The summed E-state index contributed by atoms with van der Waals surface area (Å²) in [6, 6.07) is 1.97. The van der Waals surface area contributed by atoms with Gasteiger partial charge in [0.2, 0.25) is 5.88 Å². The molecule has 1 aliphatic rings. The van der Waals surface area contributed by atoms with Crippen molar-refractivity contribution in [2.24, 2.45) is 4.99 Å². The Hall–Kier alpha value is -1.36. The third-order valence-electron chi connectivity index (χ3n) is 3.79. The Morgan fingerprint density at radius 3 is 2.95 bits per heavy atom. The number of aryl methyl sites for hydroxylation is 1. The number of allylic oxidation sites excluding steroid dienone is 1. The smallest absolute Gasteiger partial charge is 0.228 e. The predicted octanol–water partition coefficient (Wildman–Crippen LogP) is 4.64. The Labute approximate surface area is 141 Å². The monoisotopic (exact) mass is 365 g/mol. The highest BCUT2D eigenvalue weighted by atomic mass is 79.9. The van der Waals surface area contributed by atoms with E-state index in [9.17, 15) is 0 Å². The van der Waals surface area contributed by atoms with Gasteiger partial charge >= 0.3 is 0 Å². The van der Waals surface area contributed by atoms with Gasteiger partial charge in [0.1, 0.15) is 6.10 Å². The third-order valence-corrected chi connectivity index (χ3v) is 4.36. The molecule has 1 aromatic heterocycles. The lowest BCUT2D eigenvalue weighted by atomic mass is 9.99. The molecule has 1 aromatic rings. The number of hydrogen-bond donors (Lipinski definition) is 0. The van der Waals surface area contributed by atoms with Crippen LogP contribution >= 0.6 is 15.9 Å². The fourth-order valence-electron chi connectivity index (χ4n) is 2.31. The second-order valence-electron chi connectivity index (χ2n) is 5.76. The van der Waals surface area contributed by atoms with Crippen LogP contribution in [-0.2, 0) is 0 Å². The zero-order valence-corrected chi connectivity index (χ0v) is 15.4. The minimum atomic E-state index is 0.123. The van der Waals surface area contributed by atoms with Crippen molar-refractivity contribution in [3.63, 3.8) is 0 Å². The van der Waals surface area contributed by atoms with Gasteiger partial charge in [-0.2, -0.15) is 0 Å². The number of halogens is 1. The van der Waals surface area contributed by atoms with Crippen LogP contribution in [0.25, 0.3) is 0 Å². The minimum absolute atomic E-state index is 0.123. The van der Waals surface area contributed by atoms with Gasteiger partial charge in [0.05, 0.1) is 22.2 Å². The topological polar surface area (TPSA) is 37.7 Å². The van der Waals surface area contributed by atoms with E-state index in [1.165, 1.54) is 18.4 Å². The molecule has 0 spiro atoms. The summed E-state index contributed by atoms with van der Waals surface area (Å²) in [5, 5.41) is 0. The molecule has 4 nitrogen and oxygen atoms in total. The molecule has 1 atom stereocenters. The Morgan fingerprint density at radius 1 is 1.50 bits per heavy atom. The molecule has 0 saturated heterocycles. The molecule has 5 heteroatoms. The first kappa shape index (κ1) is 17.0. The average molecular weight is 366 g/mol. The summed E-state index contributed by atoms with van der Waals surface area (Å²) in [6.07, 6.45) is 7.55. The summed E-state index contributed by atoms with van der Waals surface area (Å²) in [4.78, 5) is 11.1. The lowest BCUT2D eigenvalue weighted by Gasteiger charge is -2.21. The average Bonchev–Trinajstić information content (AvgIpc) is 2.49. The van der Waals surface area contributed by atoms with Crippen LogP contribution in [-0.4, -0.2) is 35.9 Å². The van der Waals surface area contributed by atoms with Crippen molar-refractivity contribution in [1.29, 1.82) is 0 Å². The molecule has 0 amide bonds. The molecule has 0 N–H and O–H groups in total. The van der Waals surface area contributed by atoms with Crippen LogP contribution in [0.1, 0.15) is 38.8 Å². The number of hydrogen-bond acceptors (Lipinski definition) is 3. The maximum Gasteiger partial charge on any atom is 0.228 e. The summed E-state index contributed by atoms with van der Waals surface area (Å²) in [6.45, 7) is 7.13. The summed E-state index contributed by atoms with van der Waals surface area (Å²) >= 11 is 3.55. The summed E-state index contributed by atoms with van der Waals surface area (Å²) < 4.78 is 6.89. The van der Waals surface area contributed by atoms with Gasteiger partial charge in [0.15, 0.2) is 0 Å². The molecule has 0 saturated carbocycles. The third kappa shape index (κ3) is 4.57. The number of nitrogens with zero attached hydrogens (tertiary/aromatic N) is 3. The number of ether oxygens (including phenoxy) is 1. The zero-order valence-electron chi connectivity index (χ0n) is 13.8. The van der Waals surface area contributed by atoms with E-state index < -0.39 is 0 Å². The maximum absolute atomic E-state index is 6.04. The molecule has 1 aliphatic carbocycles. The van der Waals surface area contributed by atoms with Crippen LogP contribution in [0.5, 0.6) is 5.88 Å². The highest BCUT2D eigenvalue weighted by molar-refractivity contribution is 9.10. The van der Waals surface area contributed by atoms with Gasteiger partial charge in [-0.1, -0.05) is 5.57 Å². The Morgan fingerprint density at radius 2 is 2.27 bits per heavy atom. The number of pyridine rings is 1. The van der Waals surface area contributed by atoms with Crippen LogP contribution in [0.15, 0.2) is 27.2 Å². The van der Waals surface area contributed by atoms with Gasteiger partial charge in [-0.15, -0.1) is 0 Å². The molecule has 1 unspecified atom stereocenters. The second-order valence-corrected chi connectivity index (χ2v) is 6.61. The Balaban J connectivity index is 2.16. The largest absolute Gasteiger partial charge is 0.469 e. The van der Waals surface area contributed by atoms with E-state index in [0.29, 0.717) is 5.88 Å². The van der Waals surface area contributed by atoms with Crippen molar-refractivity contribution < 1.29 is 4.74 Å². The van der Waals surface area contributed by atoms with E-state index in [-0.39, 0.29) is 6.10 Å². The molecule has 0 aliphatic heterocycles. The first-order valence-corrected chi connectivity index (χ1v) is 8.54. The summed E-state index contributed by atoms with van der Waals surface area (Å²) in [5.74, 6) is 0.649. The van der Waals surface area contributed by atoms with Crippen LogP contribution in [0.4, 0.5) is 5.69 Å². The Kier molecular flexibility index (Phi) is 6.00. The first-order valence-electron chi connectivity index (χ1n) is 7.75. The molecule has 1 heterocycles. The number of aliphatic imine (C=N–C) groups is 1. The van der Waals surface area contributed by atoms with E-state index in [4.69, 9.17) is 4.74 Å². The molecule has 0 aromatic carbocycles. The molecule has 0 bridgehead atoms. The molecule has 22 heavy (non-hydrogen) atoms. The lowest BCUT2D eigenvalue weighted by molar-refractivity contribution is 0.217. The van der Waals surface area contributed by atoms with Gasteiger partial charge < -0.3 is 9.64 Å². The minimum Gasteiger partial charge on any atom is -0.469 e. The molecular formula is C17H24BrN3O. The normalized spacial score (nSPS) is 18.4.